The predicted octanol–water partition coefficient (Wildman–Crippen LogP) is 3.25. The molecule has 0 saturated carbocycles. The van der Waals surface area contributed by atoms with E-state index in [-0.39, 0.29) is 11.7 Å². The number of pyridine rings is 2. The summed E-state index contributed by atoms with van der Waals surface area (Å²) in [5, 5.41) is 2.58. The van der Waals surface area contributed by atoms with Crippen molar-refractivity contribution in [3.05, 3.63) is 51.6 Å². The smallest absolute Gasteiger partial charge is 0.275 e. The second-order valence-electron chi connectivity index (χ2n) is 4.03. The Hall–Kier alpha value is -1.82. The molecule has 2 aromatic rings. The van der Waals surface area contributed by atoms with Gasteiger partial charge in [0.2, 0.25) is 0 Å². The molecule has 0 aliphatic carbocycles. The van der Waals surface area contributed by atoms with Crippen LogP contribution < -0.4 is 5.32 Å². The second-order valence-corrected chi connectivity index (χ2v) is 4.89. The number of rotatable bonds is 2. The number of carbonyl (C=O) groups excluding carboxylic acids is 1. The van der Waals surface area contributed by atoms with E-state index in [4.69, 9.17) is 0 Å². The molecule has 4 nitrogen and oxygen atoms in total. The SMILES string of the molecule is Cc1cc(Br)c(C)c(C(=O)Nc2ccc(F)cn2)n1. The van der Waals surface area contributed by atoms with Crippen LogP contribution in [0.15, 0.2) is 28.9 Å². The van der Waals surface area contributed by atoms with Gasteiger partial charge in [-0.05, 0) is 37.6 Å². The number of anilines is 1. The maximum absolute atomic E-state index is 12.7. The number of hydrogen-bond acceptors (Lipinski definition) is 3. The Labute approximate surface area is 118 Å². The lowest BCUT2D eigenvalue weighted by molar-refractivity contribution is 0.102. The highest BCUT2D eigenvalue weighted by Gasteiger charge is 2.14. The molecular formula is C13H11BrFN3O. The van der Waals surface area contributed by atoms with Gasteiger partial charge in [0.05, 0.1) is 6.20 Å². The van der Waals surface area contributed by atoms with Crippen molar-refractivity contribution in [1.29, 1.82) is 0 Å². The first-order valence-electron chi connectivity index (χ1n) is 5.54. The molecule has 1 N–H and O–H groups in total. The minimum atomic E-state index is -0.453. The van der Waals surface area contributed by atoms with E-state index >= 15 is 0 Å². The second kappa shape index (κ2) is 5.44. The summed E-state index contributed by atoms with van der Waals surface area (Å²) >= 11 is 3.37. The Bertz CT molecular complexity index is 629. The summed E-state index contributed by atoms with van der Waals surface area (Å²) in [6.45, 7) is 3.60. The van der Waals surface area contributed by atoms with Gasteiger partial charge in [0.15, 0.2) is 0 Å². The first-order valence-corrected chi connectivity index (χ1v) is 6.33. The van der Waals surface area contributed by atoms with Crippen LogP contribution in [0, 0.1) is 19.7 Å². The summed E-state index contributed by atoms with van der Waals surface area (Å²) in [5.74, 6) is -0.545. The van der Waals surface area contributed by atoms with Gasteiger partial charge in [-0.3, -0.25) is 4.79 Å². The molecule has 0 radical (unpaired) electrons. The van der Waals surface area contributed by atoms with Gasteiger partial charge in [0, 0.05) is 10.2 Å². The molecule has 1 amide bonds. The number of aryl methyl sites for hydroxylation is 1. The van der Waals surface area contributed by atoms with Crippen LogP contribution in [0.25, 0.3) is 0 Å². The Morgan fingerprint density at radius 3 is 2.74 bits per heavy atom. The quantitative estimate of drug-likeness (QED) is 0.923. The van der Waals surface area contributed by atoms with Crippen LogP contribution in [0.2, 0.25) is 0 Å². The summed E-state index contributed by atoms with van der Waals surface area (Å²) < 4.78 is 13.5. The lowest BCUT2D eigenvalue weighted by Gasteiger charge is -2.08. The van der Waals surface area contributed by atoms with Crippen LogP contribution in [-0.2, 0) is 0 Å². The highest BCUT2D eigenvalue weighted by atomic mass is 79.9. The molecule has 2 heterocycles. The van der Waals surface area contributed by atoms with Crippen LogP contribution in [0.3, 0.4) is 0 Å². The van der Waals surface area contributed by atoms with Crippen LogP contribution >= 0.6 is 15.9 Å². The van der Waals surface area contributed by atoms with E-state index < -0.39 is 5.82 Å². The fourth-order valence-electron chi connectivity index (χ4n) is 1.54. The molecular weight excluding hydrogens is 313 g/mol. The van der Waals surface area contributed by atoms with Crippen molar-refractivity contribution in [2.75, 3.05) is 5.32 Å². The van der Waals surface area contributed by atoms with Crippen molar-refractivity contribution >= 4 is 27.7 Å². The molecule has 2 aromatic heterocycles. The Balaban J connectivity index is 2.27. The highest BCUT2D eigenvalue weighted by molar-refractivity contribution is 9.10. The molecule has 6 heteroatoms. The van der Waals surface area contributed by atoms with Gasteiger partial charge >= 0.3 is 0 Å². The molecule has 0 unspecified atom stereocenters. The topological polar surface area (TPSA) is 54.9 Å². The van der Waals surface area contributed by atoms with Gasteiger partial charge in [-0.1, -0.05) is 15.9 Å². The molecule has 0 fully saturated rings. The third kappa shape index (κ3) is 3.14. The van der Waals surface area contributed by atoms with Crippen molar-refractivity contribution in [3.63, 3.8) is 0 Å². The Morgan fingerprint density at radius 1 is 1.37 bits per heavy atom. The first kappa shape index (κ1) is 13.6. The predicted molar refractivity (Wildman–Crippen MR) is 73.6 cm³/mol. The zero-order valence-corrected chi connectivity index (χ0v) is 12.0. The Morgan fingerprint density at radius 2 is 2.11 bits per heavy atom. The third-order valence-corrected chi connectivity index (χ3v) is 3.34. The maximum atomic E-state index is 12.7. The van der Waals surface area contributed by atoms with Gasteiger partial charge in [0.1, 0.15) is 17.3 Å². The van der Waals surface area contributed by atoms with Crippen LogP contribution in [0.1, 0.15) is 21.7 Å². The van der Waals surface area contributed by atoms with E-state index in [1.165, 1.54) is 12.1 Å². The van der Waals surface area contributed by atoms with Crippen molar-refractivity contribution in [2.24, 2.45) is 0 Å². The molecule has 0 aliphatic heterocycles. The summed E-state index contributed by atoms with van der Waals surface area (Å²) in [5.41, 5.74) is 1.79. The normalized spacial score (nSPS) is 10.3. The van der Waals surface area contributed by atoms with Crippen molar-refractivity contribution in [2.45, 2.75) is 13.8 Å². The molecule has 0 spiro atoms. The summed E-state index contributed by atoms with van der Waals surface area (Å²) in [7, 11) is 0. The number of halogens is 2. The highest BCUT2D eigenvalue weighted by Crippen LogP contribution is 2.20. The first-order chi connectivity index (χ1) is 8.97. The van der Waals surface area contributed by atoms with E-state index in [0.717, 1.165) is 21.9 Å². The van der Waals surface area contributed by atoms with Crippen molar-refractivity contribution in [3.8, 4) is 0 Å². The fourth-order valence-corrected chi connectivity index (χ4v) is 2.06. The molecule has 0 aromatic carbocycles. The summed E-state index contributed by atoms with van der Waals surface area (Å²) in [6.07, 6.45) is 1.04. The van der Waals surface area contributed by atoms with Crippen LogP contribution in [0.5, 0.6) is 0 Å². The molecule has 0 aliphatic rings. The van der Waals surface area contributed by atoms with Gasteiger partial charge in [-0.2, -0.15) is 0 Å². The number of nitrogens with one attached hydrogen (secondary N) is 1. The average Bonchev–Trinajstić information content (AvgIpc) is 2.36. The number of nitrogens with zero attached hydrogens (tertiary/aromatic N) is 2. The molecule has 0 bridgehead atoms. The average molecular weight is 324 g/mol. The third-order valence-electron chi connectivity index (χ3n) is 2.52. The largest absolute Gasteiger partial charge is 0.305 e. The zero-order chi connectivity index (χ0) is 14.0. The minimum absolute atomic E-state index is 0.283. The number of carbonyl (C=O) groups is 1. The molecule has 2 rings (SSSR count). The lowest BCUT2D eigenvalue weighted by atomic mass is 10.2. The van der Waals surface area contributed by atoms with E-state index in [9.17, 15) is 9.18 Å². The van der Waals surface area contributed by atoms with Crippen molar-refractivity contribution < 1.29 is 9.18 Å². The molecule has 0 saturated heterocycles. The van der Waals surface area contributed by atoms with E-state index in [2.05, 4.69) is 31.2 Å². The zero-order valence-electron chi connectivity index (χ0n) is 10.4. The maximum Gasteiger partial charge on any atom is 0.275 e. The molecule has 19 heavy (non-hydrogen) atoms. The van der Waals surface area contributed by atoms with Gasteiger partial charge in [0.25, 0.3) is 5.91 Å². The van der Waals surface area contributed by atoms with Crippen LogP contribution in [0.4, 0.5) is 10.2 Å². The summed E-state index contributed by atoms with van der Waals surface area (Å²) in [4.78, 5) is 20.1. The number of amides is 1. The van der Waals surface area contributed by atoms with E-state index in [0.29, 0.717) is 5.69 Å². The lowest BCUT2D eigenvalue weighted by Crippen LogP contribution is -2.17. The van der Waals surface area contributed by atoms with Gasteiger partial charge < -0.3 is 5.32 Å². The fraction of sp³-hybridized carbons (Fsp3) is 0.154. The van der Waals surface area contributed by atoms with Crippen molar-refractivity contribution in [1.82, 2.24) is 9.97 Å². The molecule has 98 valence electrons. The number of hydrogen-bond donors (Lipinski definition) is 1. The van der Waals surface area contributed by atoms with E-state index in [1.54, 1.807) is 13.8 Å². The number of aromatic nitrogens is 2. The molecule has 0 atom stereocenters. The van der Waals surface area contributed by atoms with Gasteiger partial charge in [-0.25, -0.2) is 14.4 Å². The summed E-state index contributed by atoms with van der Waals surface area (Å²) in [6, 6.07) is 4.46. The van der Waals surface area contributed by atoms with Gasteiger partial charge in [-0.15, -0.1) is 0 Å². The minimum Gasteiger partial charge on any atom is -0.305 e. The Kier molecular flexibility index (Phi) is 3.90. The van der Waals surface area contributed by atoms with Crippen LogP contribution in [-0.4, -0.2) is 15.9 Å². The monoisotopic (exact) mass is 323 g/mol. The van der Waals surface area contributed by atoms with E-state index in [1.807, 2.05) is 6.07 Å². The standard InChI is InChI=1S/C13H11BrFN3O/c1-7-5-10(14)8(2)12(17-7)13(19)18-11-4-3-9(15)6-16-11/h3-6H,1-2H3,(H,16,18,19).